The molecule has 36 heavy (non-hydrogen) atoms. The molecule has 9 heteroatoms. The second kappa shape index (κ2) is 11.1. The molecule has 0 saturated carbocycles. The van der Waals surface area contributed by atoms with Crippen molar-refractivity contribution in [3.05, 3.63) is 101 Å². The van der Waals surface area contributed by atoms with Crippen LogP contribution in [0.4, 0.5) is 0 Å². The summed E-state index contributed by atoms with van der Waals surface area (Å²) >= 11 is 0. The molecule has 0 aliphatic carbocycles. The fourth-order valence-corrected chi connectivity index (χ4v) is 4.09. The van der Waals surface area contributed by atoms with E-state index in [1.54, 1.807) is 7.11 Å². The number of aromatic amines is 1. The molecule has 0 fully saturated rings. The molecule has 0 atom stereocenters. The third-order valence-electron chi connectivity index (χ3n) is 5.63. The molecule has 0 radical (unpaired) electrons. The fraction of sp³-hybridized carbons (Fsp3) is 0.0741. The minimum Gasteiger partial charge on any atom is -0.497 e. The van der Waals surface area contributed by atoms with E-state index in [1.165, 1.54) is 4.52 Å². The van der Waals surface area contributed by atoms with E-state index in [-0.39, 0.29) is 12.1 Å². The van der Waals surface area contributed by atoms with Gasteiger partial charge in [0.2, 0.25) is 0 Å². The quantitative estimate of drug-likeness (QED) is 0.108. The van der Waals surface area contributed by atoms with E-state index >= 15 is 0 Å². The van der Waals surface area contributed by atoms with Gasteiger partial charge in [0, 0.05) is 11.3 Å². The first-order valence-electron chi connectivity index (χ1n) is 11.2. The Kier molecular flexibility index (Phi) is 7.54. The van der Waals surface area contributed by atoms with Crippen LogP contribution in [-0.2, 0) is 6.54 Å². The molecule has 182 valence electrons. The standard InChI is InChI=1S/C26H23N5O2.CH4N2/c1-33-20-14-12-18(13-15-20)22-21(16-28-27)29-25-23(17-8-4-2-5-9-17)24(30-31(25)26(22)32)19-10-6-3-7-11-19;2-1-3/h2-15,28-29H,16,27H2,1H3;1H,(H3,2,3). The molecule has 0 spiro atoms. The molecule has 5 aromatic rings. The van der Waals surface area contributed by atoms with Gasteiger partial charge in [0.15, 0.2) is 0 Å². The number of nitrogens with two attached hydrogens (primary N) is 2. The molecule has 0 unspecified atom stereocenters. The first-order valence-corrected chi connectivity index (χ1v) is 11.2. The highest BCUT2D eigenvalue weighted by molar-refractivity contribution is 5.91. The van der Waals surface area contributed by atoms with Gasteiger partial charge in [-0.1, -0.05) is 72.8 Å². The zero-order chi connectivity index (χ0) is 25.5. The van der Waals surface area contributed by atoms with Crippen LogP contribution in [0.25, 0.3) is 39.2 Å². The third kappa shape index (κ3) is 4.74. The number of rotatable bonds is 6. The Morgan fingerprint density at radius 2 is 1.50 bits per heavy atom. The van der Waals surface area contributed by atoms with Gasteiger partial charge >= 0.3 is 0 Å². The maximum Gasteiger partial charge on any atom is 0.282 e. The molecule has 0 saturated heterocycles. The average molecular weight is 482 g/mol. The van der Waals surface area contributed by atoms with E-state index < -0.39 is 0 Å². The number of aromatic nitrogens is 3. The maximum absolute atomic E-state index is 13.8. The van der Waals surface area contributed by atoms with Crippen molar-refractivity contribution in [2.45, 2.75) is 6.54 Å². The summed E-state index contributed by atoms with van der Waals surface area (Å²) in [5.41, 5.74) is 12.9. The fourth-order valence-electron chi connectivity index (χ4n) is 4.09. The maximum atomic E-state index is 13.8. The number of ether oxygens (including phenoxy) is 1. The second-order valence-electron chi connectivity index (χ2n) is 7.78. The highest BCUT2D eigenvalue weighted by Crippen LogP contribution is 2.34. The van der Waals surface area contributed by atoms with Crippen molar-refractivity contribution in [2.75, 3.05) is 7.11 Å². The summed E-state index contributed by atoms with van der Waals surface area (Å²) in [7, 11) is 1.61. The number of fused-ring (bicyclic) bond motifs is 1. The monoisotopic (exact) mass is 481 g/mol. The van der Waals surface area contributed by atoms with E-state index in [2.05, 4.69) is 16.1 Å². The third-order valence-corrected chi connectivity index (χ3v) is 5.63. The summed E-state index contributed by atoms with van der Waals surface area (Å²) in [5.74, 6) is 6.39. The van der Waals surface area contributed by atoms with Gasteiger partial charge in [0.1, 0.15) is 17.1 Å². The van der Waals surface area contributed by atoms with Crippen LogP contribution in [0.3, 0.4) is 0 Å². The lowest BCUT2D eigenvalue weighted by Crippen LogP contribution is -2.26. The molecule has 0 aliphatic heterocycles. The van der Waals surface area contributed by atoms with Gasteiger partial charge in [-0.2, -0.15) is 9.61 Å². The molecule has 5 rings (SSSR count). The molecule has 9 nitrogen and oxygen atoms in total. The lowest BCUT2D eigenvalue weighted by molar-refractivity contribution is 0.415. The van der Waals surface area contributed by atoms with E-state index in [0.717, 1.165) is 34.3 Å². The number of H-pyrrole nitrogens is 1. The van der Waals surface area contributed by atoms with Crippen LogP contribution in [0.5, 0.6) is 5.75 Å². The lowest BCUT2D eigenvalue weighted by Gasteiger charge is -2.11. The second-order valence-corrected chi connectivity index (χ2v) is 7.78. The molecule has 2 heterocycles. The molecule has 7 N–H and O–H groups in total. The molecule has 2 aromatic heterocycles. The zero-order valence-electron chi connectivity index (χ0n) is 19.7. The van der Waals surface area contributed by atoms with Crippen LogP contribution in [0, 0.1) is 5.41 Å². The minimum atomic E-state index is -0.224. The highest BCUT2D eigenvalue weighted by Gasteiger charge is 2.22. The van der Waals surface area contributed by atoms with E-state index in [0.29, 0.717) is 22.7 Å². The van der Waals surface area contributed by atoms with Gasteiger partial charge in [0.25, 0.3) is 5.56 Å². The van der Waals surface area contributed by atoms with Crippen LogP contribution in [0.1, 0.15) is 5.69 Å². The van der Waals surface area contributed by atoms with Crippen LogP contribution in [0.2, 0.25) is 0 Å². The predicted octanol–water partition coefficient (Wildman–Crippen LogP) is 3.55. The smallest absolute Gasteiger partial charge is 0.282 e. The number of nitrogens with one attached hydrogen (secondary N) is 3. The summed E-state index contributed by atoms with van der Waals surface area (Å²) < 4.78 is 6.71. The number of hydrogen-bond acceptors (Lipinski definition) is 6. The SMILES string of the molecule is COc1ccc(-c2c(CNN)[nH]c3c(-c4ccccc4)c(-c4ccccc4)nn3c2=O)cc1.N=CN. The first kappa shape index (κ1) is 24.4. The molecule has 0 bridgehead atoms. The molecule has 3 aromatic carbocycles. The number of hydrazine groups is 1. The summed E-state index contributed by atoms with van der Waals surface area (Å²) in [6, 6.07) is 27.2. The molecule has 0 aliphatic rings. The Morgan fingerprint density at radius 3 is 2.06 bits per heavy atom. The predicted molar refractivity (Wildman–Crippen MR) is 143 cm³/mol. The van der Waals surface area contributed by atoms with E-state index in [4.69, 9.17) is 21.1 Å². The summed E-state index contributed by atoms with van der Waals surface area (Å²) in [6.07, 6.45) is 0.750. The normalized spacial score (nSPS) is 10.5. The topological polar surface area (TPSA) is 147 Å². The number of methoxy groups -OCH3 is 1. The summed E-state index contributed by atoms with van der Waals surface area (Å²) in [5, 5.41) is 10.6. The molecular weight excluding hydrogens is 454 g/mol. The van der Waals surface area contributed by atoms with Crippen LogP contribution in [-0.4, -0.2) is 28.0 Å². The Bertz CT molecular complexity index is 1510. The Hall–Kier alpha value is -4.73. The van der Waals surface area contributed by atoms with Crippen LogP contribution in [0.15, 0.2) is 89.7 Å². The Balaban J connectivity index is 0.000000967. The van der Waals surface area contributed by atoms with Crippen molar-refractivity contribution in [3.8, 4) is 39.3 Å². The van der Waals surface area contributed by atoms with Crippen LogP contribution < -0.4 is 27.3 Å². The van der Waals surface area contributed by atoms with Gasteiger partial charge in [-0.25, -0.2) is 0 Å². The summed E-state index contributed by atoms with van der Waals surface area (Å²) in [6.45, 7) is 0.285. The largest absolute Gasteiger partial charge is 0.497 e. The Morgan fingerprint density at radius 1 is 0.944 bits per heavy atom. The van der Waals surface area contributed by atoms with Gasteiger partial charge < -0.3 is 15.5 Å². The average Bonchev–Trinajstić information content (AvgIpc) is 3.30. The van der Waals surface area contributed by atoms with Gasteiger partial charge in [-0.05, 0) is 23.3 Å². The summed E-state index contributed by atoms with van der Waals surface area (Å²) in [4.78, 5) is 17.2. The van der Waals surface area contributed by atoms with E-state index in [9.17, 15) is 4.79 Å². The lowest BCUT2D eigenvalue weighted by atomic mass is 10.0. The minimum absolute atomic E-state index is 0.224. The van der Waals surface area contributed by atoms with Crippen molar-refractivity contribution in [3.63, 3.8) is 0 Å². The van der Waals surface area contributed by atoms with Crippen LogP contribution >= 0.6 is 0 Å². The van der Waals surface area contributed by atoms with Gasteiger partial charge in [-0.3, -0.25) is 21.5 Å². The van der Waals surface area contributed by atoms with Gasteiger partial charge in [-0.15, -0.1) is 0 Å². The zero-order valence-corrected chi connectivity index (χ0v) is 19.7. The number of hydrogen-bond donors (Lipinski definition) is 5. The number of benzene rings is 3. The Labute approximate surface area is 207 Å². The van der Waals surface area contributed by atoms with E-state index in [1.807, 2.05) is 84.9 Å². The van der Waals surface area contributed by atoms with Crippen molar-refractivity contribution in [1.29, 1.82) is 5.41 Å². The molecule has 0 amide bonds. The van der Waals surface area contributed by atoms with Crippen molar-refractivity contribution in [2.24, 2.45) is 11.6 Å². The number of nitrogens with zero attached hydrogens (tertiary/aromatic N) is 2. The van der Waals surface area contributed by atoms with Gasteiger partial charge in [0.05, 0.1) is 31.1 Å². The molecular formula is C27H27N7O2. The van der Waals surface area contributed by atoms with Crippen molar-refractivity contribution < 1.29 is 4.74 Å². The van der Waals surface area contributed by atoms with Crippen molar-refractivity contribution >= 4 is 12.0 Å². The highest BCUT2D eigenvalue weighted by atomic mass is 16.5. The first-order chi connectivity index (χ1) is 17.6. The van der Waals surface area contributed by atoms with Crippen molar-refractivity contribution in [1.82, 2.24) is 20.0 Å².